The number of carbonyl (C=O) groups excluding carboxylic acids is 1. The first-order valence-corrected chi connectivity index (χ1v) is 11.8. The first-order chi connectivity index (χ1) is 16.4. The fraction of sp³-hybridized carbons (Fsp3) is 0.160. The van der Waals surface area contributed by atoms with Crippen molar-refractivity contribution in [1.29, 1.82) is 0 Å². The lowest BCUT2D eigenvalue weighted by atomic mass is 10.1. The van der Waals surface area contributed by atoms with Gasteiger partial charge in [0.05, 0.1) is 0 Å². The van der Waals surface area contributed by atoms with Crippen LogP contribution < -0.4 is 15.9 Å². The minimum Gasteiger partial charge on any atom is -0.486 e. The number of nitrogens with one attached hydrogen (secondary N) is 1. The van der Waals surface area contributed by atoms with Crippen molar-refractivity contribution in [3.8, 4) is 5.75 Å². The van der Waals surface area contributed by atoms with E-state index in [9.17, 15) is 4.79 Å². The third kappa shape index (κ3) is 5.70. The van der Waals surface area contributed by atoms with E-state index in [0.29, 0.717) is 21.8 Å². The summed E-state index contributed by atoms with van der Waals surface area (Å²) in [7, 11) is 0. The molecule has 0 aliphatic heterocycles. The molecule has 0 aliphatic carbocycles. The number of benzene rings is 3. The molecule has 4 aromatic rings. The molecule has 0 bridgehead atoms. The van der Waals surface area contributed by atoms with Crippen LogP contribution in [0.25, 0.3) is 0 Å². The third-order valence-electron chi connectivity index (χ3n) is 5.13. The molecule has 3 N–H and O–H groups in total. The predicted octanol–water partition coefficient (Wildman–Crippen LogP) is 5.31. The van der Waals surface area contributed by atoms with Gasteiger partial charge in [0, 0.05) is 10.7 Å². The van der Waals surface area contributed by atoms with E-state index in [2.05, 4.69) is 15.5 Å². The Morgan fingerprint density at radius 3 is 2.56 bits per heavy atom. The number of ether oxygens (including phenoxy) is 1. The molecular formula is C25H24ClN5O2S. The van der Waals surface area contributed by atoms with Crippen LogP contribution in [0.3, 0.4) is 0 Å². The number of hydrogen-bond acceptors (Lipinski definition) is 6. The van der Waals surface area contributed by atoms with Gasteiger partial charge in [-0.15, -0.1) is 10.2 Å². The first kappa shape index (κ1) is 23.7. The Kier molecular flexibility index (Phi) is 7.40. The van der Waals surface area contributed by atoms with Crippen LogP contribution in [0.5, 0.6) is 5.75 Å². The standard InChI is InChI=1S/C25H24ClN5O2S/c1-16-8-9-17(2)21(14-16)28-24(32)23(18-6-4-3-5-7-18)34-25-30-29-22(31(25)27)15-33-20-12-10-19(26)11-13-20/h3-14,23H,15,27H2,1-2H3,(H,28,32)/t23-/m1/s1. The molecule has 0 saturated carbocycles. The van der Waals surface area contributed by atoms with Crippen molar-refractivity contribution in [2.45, 2.75) is 30.9 Å². The normalized spacial score (nSPS) is 11.7. The molecule has 7 nitrogen and oxygen atoms in total. The Morgan fingerprint density at radius 2 is 1.82 bits per heavy atom. The summed E-state index contributed by atoms with van der Waals surface area (Å²) in [5.41, 5.74) is 3.66. The zero-order chi connectivity index (χ0) is 24.1. The molecule has 0 spiro atoms. The lowest BCUT2D eigenvalue weighted by molar-refractivity contribution is -0.115. The smallest absolute Gasteiger partial charge is 0.242 e. The highest BCUT2D eigenvalue weighted by Gasteiger charge is 2.26. The number of nitrogen functional groups attached to an aromatic ring is 1. The van der Waals surface area contributed by atoms with Crippen molar-refractivity contribution in [3.05, 3.63) is 100 Å². The number of aromatic nitrogens is 3. The van der Waals surface area contributed by atoms with Crippen molar-refractivity contribution in [2.75, 3.05) is 11.2 Å². The van der Waals surface area contributed by atoms with Gasteiger partial charge in [-0.3, -0.25) is 4.79 Å². The number of hydrogen-bond donors (Lipinski definition) is 2. The molecule has 0 aliphatic rings. The van der Waals surface area contributed by atoms with E-state index in [1.807, 2.05) is 62.4 Å². The summed E-state index contributed by atoms with van der Waals surface area (Å²) in [6.07, 6.45) is 0. The van der Waals surface area contributed by atoms with Gasteiger partial charge in [0.2, 0.25) is 11.1 Å². The highest BCUT2D eigenvalue weighted by atomic mass is 35.5. The number of amides is 1. The summed E-state index contributed by atoms with van der Waals surface area (Å²) in [5, 5.41) is 11.8. The van der Waals surface area contributed by atoms with Crippen LogP contribution in [0.4, 0.5) is 5.69 Å². The number of rotatable bonds is 8. The van der Waals surface area contributed by atoms with E-state index >= 15 is 0 Å². The number of carbonyl (C=O) groups is 1. The molecule has 0 saturated heterocycles. The Bertz CT molecular complexity index is 1280. The Morgan fingerprint density at radius 1 is 1.09 bits per heavy atom. The third-order valence-corrected chi connectivity index (χ3v) is 6.59. The van der Waals surface area contributed by atoms with Gasteiger partial charge >= 0.3 is 0 Å². The zero-order valence-electron chi connectivity index (χ0n) is 18.7. The van der Waals surface area contributed by atoms with Gasteiger partial charge in [0.15, 0.2) is 5.82 Å². The van der Waals surface area contributed by atoms with E-state index in [0.717, 1.165) is 22.4 Å². The number of nitrogens with zero attached hydrogens (tertiary/aromatic N) is 3. The van der Waals surface area contributed by atoms with Crippen molar-refractivity contribution < 1.29 is 9.53 Å². The molecule has 0 unspecified atom stereocenters. The van der Waals surface area contributed by atoms with Crippen LogP contribution in [0, 0.1) is 13.8 Å². The highest BCUT2D eigenvalue weighted by Crippen LogP contribution is 2.35. The van der Waals surface area contributed by atoms with E-state index in [-0.39, 0.29) is 12.5 Å². The van der Waals surface area contributed by atoms with E-state index in [1.54, 1.807) is 24.3 Å². The summed E-state index contributed by atoms with van der Waals surface area (Å²) in [6.45, 7) is 4.07. The largest absolute Gasteiger partial charge is 0.486 e. The Labute approximate surface area is 207 Å². The molecule has 4 rings (SSSR count). The number of nitrogens with two attached hydrogens (primary N) is 1. The second-order valence-corrected chi connectivity index (χ2v) is 9.24. The van der Waals surface area contributed by atoms with Gasteiger partial charge < -0.3 is 15.9 Å². The van der Waals surface area contributed by atoms with Gasteiger partial charge in [-0.05, 0) is 60.9 Å². The maximum absolute atomic E-state index is 13.4. The lowest BCUT2D eigenvalue weighted by Gasteiger charge is -2.17. The van der Waals surface area contributed by atoms with Crippen LogP contribution in [-0.4, -0.2) is 20.8 Å². The van der Waals surface area contributed by atoms with Crippen LogP contribution in [0.2, 0.25) is 5.02 Å². The van der Waals surface area contributed by atoms with E-state index in [1.165, 1.54) is 16.4 Å². The maximum Gasteiger partial charge on any atom is 0.242 e. The molecule has 1 amide bonds. The van der Waals surface area contributed by atoms with Gasteiger partial charge in [0.25, 0.3) is 0 Å². The second kappa shape index (κ2) is 10.6. The van der Waals surface area contributed by atoms with Crippen LogP contribution >= 0.6 is 23.4 Å². The second-order valence-electron chi connectivity index (χ2n) is 7.73. The zero-order valence-corrected chi connectivity index (χ0v) is 20.3. The van der Waals surface area contributed by atoms with Crippen LogP contribution in [0.1, 0.15) is 27.8 Å². The maximum atomic E-state index is 13.4. The lowest BCUT2D eigenvalue weighted by Crippen LogP contribution is -2.21. The van der Waals surface area contributed by atoms with Gasteiger partial charge in [-0.2, -0.15) is 0 Å². The minimum absolute atomic E-state index is 0.121. The van der Waals surface area contributed by atoms with E-state index < -0.39 is 5.25 Å². The number of thioether (sulfide) groups is 1. The quantitative estimate of drug-likeness (QED) is 0.255. The summed E-state index contributed by atoms with van der Waals surface area (Å²) in [5.74, 6) is 7.14. The summed E-state index contributed by atoms with van der Waals surface area (Å²) in [4.78, 5) is 13.4. The average molecular weight is 494 g/mol. The molecule has 34 heavy (non-hydrogen) atoms. The number of anilines is 1. The number of halogens is 1. The molecule has 1 atom stereocenters. The van der Waals surface area contributed by atoms with Crippen molar-refractivity contribution in [3.63, 3.8) is 0 Å². The van der Waals surface area contributed by atoms with Gasteiger partial charge in [-0.25, -0.2) is 4.68 Å². The SMILES string of the molecule is Cc1ccc(C)c(NC(=O)[C@H](Sc2nnc(COc3ccc(Cl)cc3)n2N)c2ccccc2)c1. The fourth-order valence-corrected chi connectivity index (χ4v) is 4.34. The predicted molar refractivity (Wildman–Crippen MR) is 136 cm³/mol. The van der Waals surface area contributed by atoms with Crippen molar-refractivity contribution >= 4 is 35.0 Å². The highest BCUT2D eigenvalue weighted by molar-refractivity contribution is 8.00. The molecule has 1 heterocycles. The monoisotopic (exact) mass is 493 g/mol. The summed E-state index contributed by atoms with van der Waals surface area (Å²) in [6, 6.07) is 22.5. The van der Waals surface area contributed by atoms with Crippen LogP contribution in [0.15, 0.2) is 78.0 Å². The van der Waals surface area contributed by atoms with Crippen molar-refractivity contribution in [1.82, 2.24) is 14.9 Å². The van der Waals surface area contributed by atoms with Crippen LogP contribution in [-0.2, 0) is 11.4 Å². The topological polar surface area (TPSA) is 95.1 Å². The number of aryl methyl sites for hydroxylation is 2. The molecular weight excluding hydrogens is 470 g/mol. The van der Waals surface area contributed by atoms with Gasteiger partial charge in [-0.1, -0.05) is 65.8 Å². The first-order valence-electron chi connectivity index (χ1n) is 10.6. The molecule has 9 heteroatoms. The Hall–Kier alpha value is -3.49. The molecule has 3 aromatic carbocycles. The summed E-state index contributed by atoms with van der Waals surface area (Å²) >= 11 is 7.14. The molecule has 1 aromatic heterocycles. The average Bonchev–Trinajstić information content (AvgIpc) is 3.19. The van der Waals surface area contributed by atoms with Crippen molar-refractivity contribution in [2.24, 2.45) is 0 Å². The molecule has 0 radical (unpaired) electrons. The molecule has 174 valence electrons. The Balaban J connectivity index is 1.53. The summed E-state index contributed by atoms with van der Waals surface area (Å²) < 4.78 is 7.08. The molecule has 0 fully saturated rings. The minimum atomic E-state index is -0.586. The van der Waals surface area contributed by atoms with E-state index in [4.69, 9.17) is 22.2 Å². The van der Waals surface area contributed by atoms with Gasteiger partial charge in [0.1, 0.15) is 17.6 Å². The fourth-order valence-electron chi connectivity index (χ4n) is 3.24.